The van der Waals surface area contributed by atoms with Gasteiger partial charge in [0.25, 0.3) is 0 Å². The van der Waals surface area contributed by atoms with Gasteiger partial charge < -0.3 is 53.6 Å². The number of aromatic carboxylic acids is 2. The molecule has 0 saturated carbocycles. The van der Waals surface area contributed by atoms with E-state index in [0.29, 0.717) is 22.3 Å². The van der Waals surface area contributed by atoms with Crippen LogP contribution in [0.4, 0.5) is 0 Å². The van der Waals surface area contributed by atoms with Crippen molar-refractivity contribution in [2.45, 2.75) is 98.4 Å². The van der Waals surface area contributed by atoms with Crippen molar-refractivity contribution in [3.63, 3.8) is 0 Å². The van der Waals surface area contributed by atoms with Crippen molar-refractivity contribution in [3.8, 4) is 22.3 Å². The summed E-state index contributed by atoms with van der Waals surface area (Å²) in [6, 6.07) is 73.7. The fourth-order valence-electron chi connectivity index (χ4n) is 13.0. The molecule has 10 aromatic carbocycles. The fourth-order valence-corrected chi connectivity index (χ4v) is 18.1. The van der Waals surface area contributed by atoms with Gasteiger partial charge in [-0.05, 0) is 138 Å². The Morgan fingerprint density at radius 3 is 0.955 bits per heavy atom. The molecule has 2 heterocycles. The second kappa shape index (κ2) is 38.0. The monoisotopic (exact) mass is 1540 g/mol. The molecule has 0 spiro atoms. The zero-order valence-electron chi connectivity index (χ0n) is 59.8. The average molecular weight is 1540 g/mol. The smallest absolute Gasteiger partial charge is 0.335 e. The van der Waals surface area contributed by atoms with Crippen LogP contribution in [-0.2, 0) is 80.4 Å². The number of fused-ring (bicyclic) bond motifs is 2. The van der Waals surface area contributed by atoms with Crippen LogP contribution in [0.15, 0.2) is 278 Å². The maximum Gasteiger partial charge on any atom is 0.335 e. The molecular formula is C88H82N8O10S4. The van der Waals surface area contributed by atoms with Gasteiger partial charge in [-0.3, -0.25) is 28.8 Å². The van der Waals surface area contributed by atoms with Crippen molar-refractivity contribution in [2.24, 2.45) is 11.5 Å². The third kappa shape index (κ3) is 21.3. The Labute approximate surface area is 653 Å². The summed E-state index contributed by atoms with van der Waals surface area (Å²) in [6.07, 6.45) is 0.00274. The molecular weight excluding hydrogens is 1460 g/mol. The predicted octanol–water partition coefficient (Wildman–Crippen LogP) is 12.9. The van der Waals surface area contributed by atoms with Crippen LogP contribution in [0.5, 0.6) is 0 Å². The number of carboxylic acid groups (broad SMARTS) is 2. The Morgan fingerprint density at radius 2 is 0.600 bits per heavy atom. The molecule has 558 valence electrons. The number of carboxylic acids is 2. The Hall–Kier alpha value is -11.5. The van der Waals surface area contributed by atoms with E-state index in [-0.39, 0.29) is 62.7 Å². The number of benzene rings is 10. The standard InChI is InChI=1S/C88H82N8O10S4/c89-71(45-55-33-41-65(42-34-55)87(103)104)79(85(101)95-73(47-57-29-37-63(38-30-57)61-21-9-3-10-22-61)83(99)93-75(81(97)91-51-59-17-5-1-6-18-59)49-67-53-107-77-27-15-13-25-69(67)77)109-110-80(72(90)46-56-35-43-66(44-36-56)88(105)106)86(102)96-74(48-58-31-39-64(40-32-58)62-23-11-4-12-24-62)84(100)94-76(82(98)92-52-60-19-7-2-8-20-60)50-68-54-108-78-28-16-14-26-70(68)78/h1-44,53-54,71-76,79-80H,45-52,89-90H2,(H,91,97)(H,92,98)(H,93,99)(H,94,100)(H,95,101)(H,96,102)(H,103,104)(H,105,106)/t71-,72-,73-,74-,75-,76-,79-,80-/m0/s1. The molecule has 2 aromatic heterocycles. The highest BCUT2D eigenvalue weighted by Gasteiger charge is 2.38. The zero-order valence-corrected chi connectivity index (χ0v) is 63.0. The molecule has 0 fully saturated rings. The summed E-state index contributed by atoms with van der Waals surface area (Å²) in [5, 5.41) is 41.1. The van der Waals surface area contributed by atoms with Gasteiger partial charge >= 0.3 is 11.9 Å². The third-order valence-corrected chi connectivity index (χ3v) is 24.3. The maximum absolute atomic E-state index is 15.9. The normalized spacial score (nSPS) is 13.4. The summed E-state index contributed by atoms with van der Waals surface area (Å²) in [6.45, 7) is 0.327. The van der Waals surface area contributed by atoms with Crippen LogP contribution in [-0.4, -0.2) is 104 Å². The summed E-state index contributed by atoms with van der Waals surface area (Å²) in [4.78, 5) is 116. The lowest BCUT2D eigenvalue weighted by Gasteiger charge is -2.30. The molecule has 0 unspecified atom stereocenters. The molecule has 8 atom stereocenters. The van der Waals surface area contributed by atoms with E-state index >= 15 is 19.2 Å². The number of rotatable bonds is 35. The lowest BCUT2D eigenvalue weighted by Crippen LogP contribution is -2.57. The van der Waals surface area contributed by atoms with Crippen molar-refractivity contribution in [3.05, 3.63) is 333 Å². The van der Waals surface area contributed by atoms with E-state index in [4.69, 9.17) is 11.5 Å². The number of hydrogen-bond donors (Lipinski definition) is 10. The summed E-state index contributed by atoms with van der Waals surface area (Å²) in [7, 11) is 1.83. The van der Waals surface area contributed by atoms with Crippen molar-refractivity contribution in [1.29, 1.82) is 0 Å². The molecule has 0 bridgehead atoms. The van der Waals surface area contributed by atoms with E-state index in [0.717, 1.165) is 86.3 Å². The van der Waals surface area contributed by atoms with Gasteiger partial charge in [0.15, 0.2) is 0 Å². The molecule has 18 nitrogen and oxygen atoms in total. The second-order valence-corrected chi connectivity index (χ2v) is 31.3. The van der Waals surface area contributed by atoms with Gasteiger partial charge in [0, 0.05) is 60.3 Å². The first-order valence-electron chi connectivity index (χ1n) is 36.0. The van der Waals surface area contributed by atoms with E-state index in [1.165, 1.54) is 46.9 Å². The Morgan fingerprint density at radius 1 is 0.309 bits per heavy atom. The number of nitrogens with two attached hydrogens (primary N) is 2. The lowest BCUT2D eigenvalue weighted by molar-refractivity contribution is -0.132. The van der Waals surface area contributed by atoms with Crippen molar-refractivity contribution >= 4 is 112 Å². The first kappa shape index (κ1) is 78.1. The summed E-state index contributed by atoms with van der Waals surface area (Å²) < 4.78 is 1.98. The van der Waals surface area contributed by atoms with Crippen LogP contribution in [0.3, 0.4) is 0 Å². The number of carbonyl (C=O) groups is 8. The van der Waals surface area contributed by atoms with Gasteiger partial charge in [-0.15, -0.1) is 22.7 Å². The van der Waals surface area contributed by atoms with Crippen molar-refractivity contribution < 1.29 is 48.6 Å². The minimum atomic E-state index is -1.37. The van der Waals surface area contributed by atoms with Gasteiger partial charge in [-0.2, -0.15) is 0 Å². The van der Waals surface area contributed by atoms with E-state index in [1.54, 1.807) is 24.3 Å². The van der Waals surface area contributed by atoms with E-state index in [1.807, 2.05) is 229 Å². The number of hydrogen-bond acceptors (Lipinski definition) is 14. The average Bonchev–Trinajstić information content (AvgIpc) is 1.66. The quantitative estimate of drug-likeness (QED) is 0.0165. The summed E-state index contributed by atoms with van der Waals surface area (Å²) in [5.74, 6) is -6.10. The van der Waals surface area contributed by atoms with Crippen molar-refractivity contribution in [1.82, 2.24) is 31.9 Å². The van der Waals surface area contributed by atoms with Crippen LogP contribution >= 0.6 is 44.3 Å². The molecule has 0 aliphatic rings. The number of amides is 6. The van der Waals surface area contributed by atoms with Crippen LogP contribution in [0, 0.1) is 0 Å². The van der Waals surface area contributed by atoms with E-state index in [2.05, 4.69) is 31.9 Å². The molecule has 6 amide bonds. The number of thiophene rings is 2. The molecule has 12 N–H and O–H groups in total. The highest BCUT2D eigenvalue weighted by molar-refractivity contribution is 8.77. The Bertz CT molecular complexity index is 4810. The summed E-state index contributed by atoms with van der Waals surface area (Å²) >= 11 is 3.03. The van der Waals surface area contributed by atoms with Gasteiger partial charge in [-0.1, -0.05) is 252 Å². The first-order chi connectivity index (χ1) is 53.4. The van der Waals surface area contributed by atoms with Crippen molar-refractivity contribution in [2.75, 3.05) is 0 Å². The largest absolute Gasteiger partial charge is 0.478 e. The van der Waals surface area contributed by atoms with E-state index in [9.17, 15) is 29.4 Å². The van der Waals surface area contributed by atoms with Crippen LogP contribution in [0.1, 0.15) is 65.2 Å². The summed E-state index contributed by atoms with van der Waals surface area (Å²) in [5.41, 5.74) is 24.1. The first-order valence-corrected chi connectivity index (χ1v) is 40.0. The number of carbonyl (C=O) groups excluding carboxylic acids is 6. The molecule has 0 aliphatic heterocycles. The SMILES string of the molecule is N[C@@H](Cc1ccc(C(=O)O)cc1)[C@H](SS[C@H](C(=O)N[C@@H](Cc1ccc(-c2ccccc2)cc1)C(=O)N[C@@H](Cc1csc2ccccc12)C(=O)NCc1ccccc1)[C@@H](N)Cc1ccc(C(=O)O)cc1)C(=O)N[C@@H](Cc1ccc(-c2ccccc2)cc1)C(=O)N[C@@H](Cc1csc2ccccc12)C(=O)NCc1ccccc1. The van der Waals surface area contributed by atoms with Gasteiger partial charge in [0.2, 0.25) is 35.4 Å². The highest BCUT2D eigenvalue weighted by Crippen LogP contribution is 2.37. The van der Waals surface area contributed by atoms with Gasteiger partial charge in [-0.25, -0.2) is 9.59 Å². The number of nitrogens with one attached hydrogen (secondary N) is 6. The molecule has 12 rings (SSSR count). The molecule has 22 heteroatoms. The van der Waals surface area contributed by atoms with Crippen LogP contribution in [0.2, 0.25) is 0 Å². The minimum absolute atomic E-state index is 0.0148. The Balaban J connectivity index is 0.889. The molecule has 0 saturated heterocycles. The van der Waals surface area contributed by atoms with Crippen LogP contribution in [0.25, 0.3) is 42.4 Å². The topological polar surface area (TPSA) is 301 Å². The molecule has 0 aliphatic carbocycles. The molecule has 0 radical (unpaired) electrons. The third-order valence-electron chi connectivity index (χ3n) is 19.0. The van der Waals surface area contributed by atoms with Crippen LogP contribution < -0.4 is 43.4 Å². The fraction of sp³-hybridized carbons (Fsp3) is 0.182. The maximum atomic E-state index is 15.9. The van der Waals surface area contributed by atoms with E-state index < -0.39 is 94.1 Å². The predicted molar refractivity (Wildman–Crippen MR) is 439 cm³/mol. The second-order valence-electron chi connectivity index (χ2n) is 26.9. The minimum Gasteiger partial charge on any atom is -0.478 e. The molecule has 12 aromatic rings. The zero-order chi connectivity index (χ0) is 76.9. The van der Waals surface area contributed by atoms with Gasteiger partial charge in [0.05, 0.1) is 11.1 Å². The lowest BCUT2D eigenvalue weighted by atomic mass is 9.98. The highest BCUT2D eigenvalue weighted by atomic mass is 33.1. The Kier molecular flexibility index (Phi) is 27.0. The van der Waals surface area contributed by atoms with Gasteiger partial charge in [0.1, 0.15) is 34.7 Å². The molecule has 110 heavy (non-hydrogen) atoms.